The Labute approximate surface area is 170 Å². The lowest BCUT2D eigenvalue weighted by Crippen LogP contribution is -2.44. The van der Waals surface area contributed by atoms with Crippen LogP contribution in [0.4, 0.5) is 5.69 Å². The molecule has 0 unspecified atom stereocenters. The van der Waals surface area contributed by atoms with Gasteiger partial charge in [0.1, 0.15) is 11.5 Å². The third-order valence-electron chi connectivity index (χ3n) is 5.06. The van der Waals surface area contributed by atoms with Crippen LogP contribution in [-0.4, -0.2) is 35.3 Å². The van der Waals surface area contributed by atoms with Crippen LogP contribution < -0.4 is 14.8 Å². The van der Waals surface area contributed by atoms with E-state index in [1.807, 2.05) is 24.3 Å². The van der Waals surface area contributed by atoms with Gasteiger partial charge < -0.3 is 24.3 Å². The minimum atomic E-state index is 0.0570. The highest BCUT2D eigenvalue weighted by atomic mass is 32.1. The van der Waals surface area contributed by atoms with Crippen LogP contribution in [0.25, 0.3) is 0 Å². The van der Waals surface area contributed by atoms with Gasteiger partial charge in [0.15, 0.2) is 5.11 Å². The summed E-state index contributed by atoms with van der Waals surface area (Å²) in [5.74, 6) is 1.47. The number of hydrogen-bond acceptors (Lipinski definition) is 3. The summed E-state index contributed by atoms with van der Waals surface area (Å²) < 4.78 is 13.1. The number of ether oxygens (including phenoxy) is 2. The van der Waals surface area contributed by atoms with E-state index in [-0.39, 0.29) is 6.04 Å². The molecule has 4 rings (SSSR count). The molecule has 28 heavy (non-hydrogen) atoms. The van der Waals surface area contributed by atoms with Crippen molar-refractivity contribution in [1.82, 2.24) is 9.47 Å². The monoisotopic (exact) mass is 393 g/mol. The van der Waals surface area contributed by atoms with Crippen molar-refractivity contribution >= 4 is 23.0 Å². The number of anilines is 1. The fourth-order valence-electron chi connectivity index (χ4n) is 3.69. The first-order chi connectivity index (χ1) is 13.7. The lowest BCUT2D eigenvalue weighted by Gasteiger charge is -2.39. The molecule has 1 aromatic heterocycles. The summed E-state index contributed by atoms with van der Waals surface area (Å²) in [6.07, 6.45) is 2.13. The molecule has 1 aliphatic rings. The number of methoxy groups -OCH3 is 2. The second kappa shape index (κ2) is 7.94. The Kier molecular flexibility index (Phi) is 5.21. The van der Waals surface area contributed by atoms with Gasteiger partial charge in [-0.3, -0.25) is 0 Å². The van der Waals surface area contributed by atoms with E-state index in [2.05, 4.69) is 57.4 Å². The van der Waals surface area contributed by atoms with Crippen LogP contribution in [0.1, 0.15) is 17.3 Å². The average molecular weight is 394 g/mol. The molecule has 0 aliphatic carbocycles. The van der Waals surface area contributed by atoms with E-state index in [9.17, 15) is 0 Å². The van der Waals surface area contributed by atoms with E-state index in [1.165, 1.54) is 11.3 Å². The van der Waals surface area contributed by atoms with Gasteiger partial charge in [0.25, 0.3) is 0 Å². The van der Waals surface area contributed by atoms with Crippen molar-refractivity contribution in [2.75, 3.05) is 26.1 Å². The molecule has 0 fully saturated rings. The van der Waals surface area contributed by atoms with Gasteiger partial charge in [-0.05, 0) is 42.0 Å². The number of thiocarbonyl (C=S) groups is 1. The molecule has 0 spiro atoms. The van der Waals surface area contributed by atoms with Gasteiger partial charge in [0, 0.05) is 31.0 Å². The first-order valence-electron chi connectivity index (χ1n) is 9.21. The topological polar surface area (TPSA) is 38.7 Å². The van der Waals surface area contributed by atoms with Crippen LogP contribution in [0.2, 0.25) is 0 Å². The lowest BCUT2D eigenvalue weighted by atomic mass is 10.0. The molecule has 1 aliphatic heterocycles. The molecule has 144 valence electrons. The van der Waals surface area contributed by atoms with Gasteiger partial charge in [-0.2, -0.15) is 0 Å². The molecule has 0 saturated heterocycles. The number of rotatable bonds is 4. The predicted octanol–water partition coefficient (Wildman–Crippen LogP) is 4.31. The summed E-state index contributed by atoms with van der Waals surface area (Å²) in [7, 11) is 3.30. The van der Waals surface area contributed by atoms with Crippen LogP contribution in [0.15, 0.2) is 66.9 Å². The molecule has 5 nitrogen and oxygen atoms in total. The number of fused-ring (bicyclic) bond motifs is 1. The average Bonchev–Trinajstić information content (AvgIpc) is 3.22. The maximum Gasteiger partial charge on any atom is 0.174 e. The highest BCUT2D eigenvalue weighted by Crippen LogP contribution is 2.34. The van der Waals surface area contributed by atoms with Crippen molar-refractivity contribution < 1.29 is 9.47 Å². The van der Waals surface area contributed by atoms with Crippen molar-refractivity contribution in [3.8, 4) is 11.5 Å². The Morgan fingerprint density at radius 3 is 2.57 bits per heavy atom. The van der Waals surface area contributed by atoms with Crippen molar-refractivity contribution in [2.24, 2.45) is 0 Å². The second-order valence-electron chi connectivity index (χ2n) is 6.63. The van der Waals surface area contributed by atoms with Crippen LogP contribution in [0.5, 0.6) is 11.5 Å². The van der Waals surface area contributed by atoms with Crippen molar-refractivity contribution in [1.29, 1.82) is 0 Å². The largest absolute Gasteiger partial charge is 0.497 e. The van der Waals surface area contributed by atoms with Crippen LogP contribution in [-0.2, 0) is 6.54 Å². The van der Waals surface area contributed by atoms with Gasteiger partial charge in [-0.25, -0.2) is 0 Å². The number of benzene rings is 2. The molecule has 0 bridgehead atoms. The summed E-state index contributed by atoms with van der Waals surface area (Å²) >= 11 is 5.83. The zero-order valence-electron chi connectivity index (χ0n) is 16.0. The lowest BCUT2D eigenvalue weighted by molar-refractivity contribution is 0.293. The Balaban J connectivity index is 1.67. The van der Waals surface area contributed by atoms with Gasteiger partial charge >= 0.3 is 0 Å². The number of aromatic nitrogens is 1. The van der Waals surface area contributed by atoms with E-state index >= 15 is 0 Å². The Bertz CT molecular complexity index is 971. The highest BCUT2D eigenvalue weighted by Gasteiger charge is 2.30. The van der Waals surface area contributed by atoms with E-state index < -0.39 is 0 Å². The van der Waals surface area contributed by atoms with Crippen molar-refractivity contribution in [2.45, 2.75) is 12.6 Å². The maximum atomic E-state index is 5.83. The predicted molar refractivity (Wildman–Crippen MR) is 115 cm³/mol. The normalized spacial score (nSPS) is 15.6. The van der Waals surface area contributed by atoms with E-state index in [1.54, 1.807) is 14.2 Å². The van der Waals surface area contributed by atoms with Gasteiger partial charge in [0.05, 0.1) is 25.9 Å². The molecule has 0 amide bonds. The maximum absolute atomic E-state index is 5.83. The van der Waals surface area contributed by atoms with E-state index in [0.717, 1.165) is 30.3 Å². The van der Waals surface area contributed by atoms with Crippen molar-refractivity contribution in [3.63, 3.8) is 0 Å². The quantitative estimate of drug-likeness (QED) is 0.669. The summed E-state index contributed by atoms with van der Waals surface area (Å²) in [6.45, 7) is 1.71. The summed E-state index contributed by atoms with van der Waals surface area (Å²) in [6, 6.07) is 20.4. The third-order valence-corrected chi connectivity index (χ3v) is 5.40. The molecule has 1 atom stereocenters. The standard InChI is InChI=1S/C22H23N3O2S/c1-26-17-10-11-20(27-2)18(15-17)23-22(28)25-14-13-24-12-6-9-19(24)21(25)16-7-4-3-5-8-16/h3-12,15,21H,13-14H2,1-2H3,(H,23,28)/t21-/m0/s1. The first kappa shape index (κ1) is 18.4. The molecule has 1 N–H and O–H groups in total. The Hall–Kier alpha value is -2.99. The van der Waals surface area contributed by atoms with Crippen LogP contribution >= 0.6 is 12.2 Å². The smallest absolute Gasteiger partial charge is 0.174 e. The molecule has 6 heteroatoms. The minimum Gasteiger partial charge on any atom is -0.497 e. The fourth-order valence-corrected chi connectivity index (χ4v) is 3.99. The fraction of sp³-hybridized carbons (Fsp3) is 0.227. The Morgan fingerprint density at radius 1 is 1.00 bits per heavy atom. The summed E-state index contributed by atoms with van der Waals surface area (Å²) in [5.41, 5.74) is 3.24. The summed E-state index contributed by atoms with van der Waals surface area (Å²) in [4.78, 5) is 2.24. The molecule has 0 radical (unpaired) electrons. The van der Waals surface area contributed by atoms with E-state index in [0.29, 0.717) is 5.11 Å². The van der Waals surface area contributed by atoms with Gasteiger partial charge in [0.2, 0.25) is 0 Å². The molecule has 2 heterocycles. The second-order valence-corrected chi connectivity index (χ2v) is 7.02. The van der Waals surface area contributed by atoms with Crippen molar-refractivity contribution in [3.05, 3.63) is 78.1 Å². The number of nitrogens with zero attached hydrogens (tertiary/aromatic N) is 2. The van der Waals surface area contributed by atoms with Crippen LogP contribution in [0.3, 0.4) is 0 Å². The molecular weight excluding hydrogens is 370 g/mol. The van der Waals surface area contributed by atoms with Gasteiger partial charge in [-0.15, -0.1) is 0 Å². The molecule has 3 aromatic rings. The Morgan fingerprint density at radius 2 is 1.82 bits per heavy atom. The molecular formula is C22H23N3O2S. The number of nitrogens with one attached hydrogen (secondary N) is 1. The first-order valence-corrected chi connectivity index (χ1v) is 9.61. The SMILES string of the molecule is COc1ccc(OC)c(NC(=S)N2CCn3cccc3[C@@H]2c2ccccc2)c1. The zero-order chi connectivity index (χ0) is 19.5. The molecule has 0 saturated carbocycles. The number of hydrogen-bond donors (Lipinski definition) is 1. The molecule has 2 aromatic carbocycles. The third kappa shape index (κ3) is 3.43. The zero-order valence-corrected chi connectivity index (χ0v) is 16.8. The van der Waals surface area contributed by atoms with Crippen LogP contribution in [0, 0.1) is 0 Å². The minimum absolute atomic E-state index is 0.0570. The van der Waals surface area contributed by atoms with E-state index in [4.69, 9.17) is 21.7 Å². The van der Waals surface area contributed by atoms with Gasteiger partial charge in [-0.1, -0.05) is 30.3 Å². The highest BCUT2D eigenvalue weighted by molar-refractivity contribution is 7.80. The summed E-state index contributed by atoms with van der Waals surface area (Å²) in [5, 5.41) is 4.03.